The minimum atomic E-state index is 0.744. The number of nitrogen functional groups attached to an aromatic ring is 1. The third-order valence-electron chi connectivity index (χ3n) is 3.21. The van der Waals surface area contributed by atoms with Crippen LogP contribution in [0.25, 0.3) is 0 Å². The van der Waals surface area contributed by atoms with Crippen molar-refractivity contribution in [3.05, 3.63) is 16.7 Å². The molecule has 0 aliphatic carbocycles. The molecule has 1 aromatic carbocycles. The molecule has 2 heterocycles. The van der Waals surface area contributed by atoms with Gasteiger partial charge < -0.3 is 14.9 Å². The standard InChI is InChI=1S/C11H14N2O2/c1-6-7-2-4-15-11(7)9(13-12)8-3-5-14-10(6)8/h13H,2-5,12H2,1H3. The first-order valence-corrected chi connectivity index (χ1v) is 5.23. The van der Waals surface area contributed by atoms with E-state index in [9.17, 15) is 0 Å². The van der Waals surface area contributed by atoms with E-state index in [1.165, 1.54) is 11.1 Å². The van der Waals surface area contributed by atoms with Gasteiger partial charge in [-0.1, -0.05) is 0 Å². The minimum absolute atomic E-state index is 0.744. The van der Waals surface area contributed by atoms with E-state index in [1.54, 1.807) is 0 Å². The van der Waals surface area contributed by atoms with Crippen LogP contribution >= 0.6 is 0 Å². The maximum atomic E-state index is 5.65. The average Bonchev–Trinajstić information content (AvgIpc) is 2.85. The third-order valence-corrected chi connectivity index (χ3v) is 3.21. The van der Waals surface area contributed by atoms with Crippen LogP contribution in [-0.4, -0.2) is 13.2 Å². The molecule has 0 saturated carbocycles. The molecule has 0 radical (unpaired) electrons. The SMILES string of the molecule is Cc1c2c(c(NN)c3c1OCC3)OCC2. The number of rotatable bonds is 1. The first-order chi connectivity index (χ1) is 7.33. The van der Waals surface area contributed by atoms with Gasteiger partial charge in [-0.25, -0.2) is 0 Å². The van der Waals surface area contributed by atoms with E-state index >= 15 is 0 Å². The summed E-state index contributed by atoms with van der Waals surface area (Å²) in [6, 6.07) is 0. The Bertz CT molecular complexity index is 394. The number of nitrogens with two attached hydrogens (primary N) is 1. The Morgan fingerprint density at radius 1 is 1.07 bits per heavy atom. The zero-order chi connectivity index (χ0) is 10.4. The van der Waals surface area contributed by atoms with Gasteiger partial charge in [0.05, 0.1) is 18.9 Å². The van der Waals surface area contributed by atoms with Gasteiger partial charge in [-0.2, -0.15) is 0 Å². The number of benzene rings is 1. The van der Waals surface area contributed by atoms with Gasteiger partial charge in [0, 0.05) is 24.0 Å². The van der Waals surface area contributed by atoms with Crippen LogP contribution in [0.4, 0.5) is 5.69 Å². The molecule has 4 nitrogen and oxygen atoms in total. The Morgan fingerprint density at radius 2 is 1.73 bits per heavy atom. The van der Waals surface area contributed by atoms with Crippen molar-refractivity contribution in [2.75, 3.05) is 18.6 Å². The summed E-state index contributed by atoms with van der Waals surface area (Å²) in [6.45, 7) is 3.58. The highest BCUT2D eigenvalue weighted by Crippen LogP contribution is 2.46. The second-order valence-electron chi connectivity index (χ2n) is 3.96. The molecule has 2 aliphatic heterocycles. The molecular weight excluding hydrogens is 192 g/mol. The quantitative estimate of drug-likeness (QED) is 0.534. The van der Waals surface area contributed by atoms with Crippen LogP contribution in [0.1, 0.15) is 16.7 Å². The Balaban J connectivity index is 2.31. The van der Waals surface area contributed by atoms with Crippen molar-refractivity contribution >= 4 is 5.69 Å². The van der Waals surface area contributed by atoms with E-state index in [4.69, 9.17) is 15.3 Å². The van der Waals surface area contributed by atoms with Crippen molar-refractivity contribution in [1.82, 2.24) is 0 Å². The van der Waals surface area contributed by atoms with Gasteiger partial charge in [-0.3, -0.25) is 5.84 Å². The monoisotopic (exact) mass is 206 g/mol. The Morgan fingerprint density at radius 3 is 2.47 bits per heavy atom. The molecule has 1 aromatic rings. The van der Waals surface area contributed by atoms with Crippen molar-refractivity contribution < 1.29 is 9.47 Å². The molecule has 0 amide bonds. The van der Waals surface area contributed by atoms with Crippen LogP contribution in [0.5, 0.6) is 11.5 Å². The fourth-order valence-electron chi connectivity index (χ4n) is 2.49. The topological polar surface area (TPSA) is 56.5 Å². The van der Waals surface area contributed by atoms with Crippen LogP contribution in [0.15, 0.2) is 0 Å². The summed E-state index contributed by atoms with van der Waals surface area (Å²) in [5.41, 5.74) is 7.29. The van der Waals surface area contributed by atoms with Gasteiger partial charge in [0.15, 0.2) is 0 Å². The molecule has 2 aliphatic rings. The van der Waals surface area contributed by atoms with Crippen molar-refractivity contribution in [3.63, 3.8) is 0 Å². The van der Waals surface area contributed by atoms with Gasteiger partial charge in [0.2, 0.25) is 0 Å². The smallest absolute Gasteiger partial charge is 0.147 e. The van der Waals surface area contributed by atoms with E-state index in [0.717, 1.165) is 48.8 Å². The summed E-state index contributed by atoms with van der Waals surface area (Å²) < 4.78 is 11.3. The van der Waals surface area contributed by atoms with Crippen LogP contribution in [0.2, 0.25) is 0 Å². The lowest BCUT2D eigenvalue weighted by Gasteiger charge is -2.14. The van der Waals surface area contributed by atoms with Crippen molar-refractivity contribution in [2.24, 2.45) is 5.84 Å². The van der Waals surface area contributed by atoms with Gasteiger partial charge in [0.25, 0.3) is 0 Å². The molecule has 0 spiro atoms. The fourth-order valence-corrected chi connectivity index (χ4v) is 2.49. The first-order valence-electron chi connectivity index (χ1n) is 5.23. The summed E-state index contributed by atoms with van der Waals surface area (Å²) >= 11 is 0. The highest BCUT2D eigenvalue weighted by atomic mass is 16.5. The largest absolute Gasteiger partial charge is 0.493 e. The van der Waals surface area contributed by atoms with Crippen molar-refractivity contribution in [2.45, 2.75) is 19.8 Å². The van der Waals surface area contributed by atoms with Gasteiger partial charge in [-0.15, -0.1) is 0 Å². The minimum Gasteiger partial charge on any atom is -0.493 e. The Hall–Kier alpha value is -1.42. The maximum Gasteiger partial charge on any atom is 0.147 e. The number of ether oxygens (including phenoxy) is 2. The number of hydrogen-bond acceptors (Lipinski definition) is 4. The van der Waals surface area contributed by atoms with Crippen LogP contribution in [-0.2, 0) is 12.8 Å². The normalized spacial score (nSPS) is 16.7. The molecule has 15 heavy (non-hydrogen) atoms. The average molecular weight is 206 g/mol. The lowest BCUT2D eigenvalue weighted by Crippen LogP contribution is -2.10. The van der Waals surface area contributed by atoms with Crippen LogP contribution in [0, 0.1) is 6.92 Å². The number of hydrazine groups is 1. The summed E-state index contributed by atoms with van der Waals surface area (Å²) in [6.07, 6.45) is 1.86. The van der Waals surface area contributed by atoms with Gasteiger partial charge in [0.1, 0.15) is 11.5 Å². The van der Waals surface area contributed by atoms with Crippen molar-refractivity contribution in [1.29, 1.82) is 0 Å². The zero-order valence-corrected chi connectivity index (χ0v) is 8.72. The second kappa shape index (κ2) is 3.03. The summed E-state index contributed by atoms with van der Waals surface area (Å²) in [5.74, 6) is 7.50. The lowest BCUT2D eigenvalue weighted by atomic mass is 9.99. The predicted octanol–water partition coefficient (Wildman–Crippen LogP) is 1.15. The molecular formula is C11H14N2O2. The molecule has 0 aromatic heterocycles. The highest BCUT2D eigenvalue weighted by molar-refractivity contribution is 5.73. The maximum absolute atomic E-state index is 5.65. The number of nitrogens with one attached hydrogen (secondary N) is 1. The predicted molar refractivity (Wildman–Crippen MR) is 57.4 cm³/mol. The fraction of sp³-hybridized carbons (Fsp3) is 0.455. The lowest BCUT2D eigenvalue weighted by molar-refractivity contribution is 0.354. The van der Waals surface area contributed by atoms with Crippen LogP contribution < -0.4 is 20.7 Å². The Labute approximate surface area is 88.3 Å². The molecule has 0 atom stereocenters. The number of fused-ring (bicyclic) bond motifs is 2. The highest BCUT2D eigenvalue weighted by Gasteiger charge is 2.29. The van der Waals surface area contributed by atoms with E-state index in [2.05, 4.69) is 12.3 Å². The van der Waals surface area contributed by atoms with Crippen LogP contribution in [0.3, 0.4) is 0 Å². The van der Waals surface area contributed by atoms with E-state index in [-0.39, 0.29) is 0 Å². The first kappa shape index (κ1) is 8.85. The molecule has 0 saturated heterocycles. The summed E-state index contributed by atoms with van der Waals surface area (Å²) in [5, 5.41) is 0. The number of hydrogen-bond donors (Lipinski definition) is 2. The van der Waals surface area contributed by atoms with Gasteiger partial charge >= 0.3 is 0 Å². The zero-order valence-electron chi connectivity index (χ0n) is 8.72. The second-order valence-corrected chi connectivity index (χ2v) is 3.96. The Kier molecular flexibility index (Phi) is 1.79. The van der Waals surface area contributed by atoms with E-state index < -0.39 is 0 Å². The molecule has 0 fully saturated rings. The molecule has 3 rings (SSSR count). The van der Waals surface area contributed by atoms with E-state index in [1.807, 2.05) is 0 Å². The molecule has 4 heteroatoms. The van der Waals surface area contributed by atoms with E-state index in [0.29, 0.717) is 0 Å². The molecule has 80 valence electrons. The summed E-state index contributed by atoms with van der Waals surface area (Å²) in [4.78, 5) is 0. The third kappa shape index (κ3) is 1.05. The van der Waals surface area contributed by atoms with Crippen molar-refractivity contribution in [3.8, 4) is 11.5 Å². The number of anilines is 1. The molecule has 0 bridgehead atoms. The molecule has 3 N–H and O–H groups in total. The molecule has 0 unspecified atom stereocenters. The summed E-state index contributed by atoms with van der Waals surface area (Å²) in [7, 11) is 0. The van der Waals surface area contributed by atoms with Gasteiger partial charge in [-0.05, 0) is 12.5 Å².